The van der Waals surface area contributed by atoms with Gasteiger partial charge in [0.2, 0.25) is 0 Å². The van der Waals surface area contributed by atoms with Crippen molar-refractivity contribution < 1.29 is 9.90 Å². The van der Waals surface area contributed by atoms with E-state index in [0.29, 0.717) is 0 Å². The van der Waals surface area contributed by atoms with E-state index < -0.39 is 5.97 Å². The van der Waals surface area contributed by atoms with Gasteiger partial charge in [-0.2, -0.15) is 0 Å². The molecule has 0 spiro atoms. The number of benzene rings is 2. The van der Waals surface area contributed by atoms with Gasteiger partial charge in [0.15, 0.2) is 0 Å². The van der Waals surface area contributed by atoms with Crippen molar-refractivity contribution in [3.8, 4) is 11.1 Å². The van der Waals surface area contributed by atoms with Gasteiger partial charge in [0.25, 0.3) is 0 Å². The molecule has 0 radical (unpaired) electrons. The predicted octanol–water partition coefficient (Wildman–Crippen LogP) is 3.90. The zero-order chi connectivity index (χ0) is 20.7. The van der Waals surface area contributed by atoms with Crippen molar-refractivity contribution in [2.24, 2.45) is 0 Å². The maximum atomic E-state index is 11.8. The van der Waals surface area contributed by atoms with E-state index >= 15 is 0 Å². The third kappa shape index (κ3) is 3.29. The number of hydrogen-bond donors (Lipinski definition) is 2. The van der Waals surface area contributed by atoms with Crippen LogP contribution in [0.15, 0.2) is 30.3 Å². The van der Waals surface area contributed by atoms with Crippen LogP contribution in [0.1, 0.15) is 22.4 Å². The maximum Gasteiger partial charge on any atom is 0.307 e. The van der Waals surface area contributed by atoms with Crippen molar-refractivity contribution in [1.29, 1.82) is 0 Å². The van der Waals surface area contributed by atoms with Crippen molar-refractivity contribution in [1.82, 2.24) is 9.88 Å². The SMILES string of the molecule is CNCCN1CCn2c(C)cc3c(-c4ccc(C)cc4)c(CC(=O)O)c(C)c1c32. The molecule has 1 aromatic heterocycles. The van der Waals surface area contributed by atoms with Crippen LogP contribution in [0.2, 0.25) is 0 Å². The normalized spacial score (nSPS) is 13.3. The van der Waals surface area contributed by atoms with E-state index in [4.69, 9.17) is 0 Å². The van der Waals surface area contributed by atoms with Crippen LogP contribution in [0, 0.1) is 20.8 Å². The number of carboxylic acid groups (broad SMARTS) is 1. The fourth-order valence-electron chi connectivity index (χ4n) is 4.69. The molecule has 1 aliphatic rings. The molecule has 2 heterocycles. The number of aliphatic carboxylic acids is 1. The monoisotopic (exact) mass is 391 g/mol. The highest BCUT2D eigenvalue weighted by molar-refractivity contribution is 6.07. The van der Waals surface area contributed by atoms with E-state index in [1.807, 2.05) is 7.05 Å². The van der Waals surface area contributed by atoms with Gasteiger partial charge in [0.1, 0.15) is 0 Å². The second-order valence-corrected chi connectivity index (χ2v) is 8.05. The average Bonchev–Trinajstić information content (AvgIpc) is 3.02. The van der Waals surface area contributed by atoms with Crippen LogP contribution in [-0.2, 0) is 17.8 Å². The van der Waals surface area contributed by atoms with E-state index in [9.17, 15) is 9.90 Å². The first kappa shape index (κ1) is 19.5. The smallest absolute Gasteiger partial charge is 0.307 e. The van der Waals surface area contributed by atoms with Gasteiger partial charge in [-0.15, -0.1) is 0 Å². The Hall–Kier alpha value is -2.79. The van der Waals surface area contributed by atoms with E-state index in [2.05, 4.69) is 65.9 Å². The van der Waals surface area contributed by atoms with Crippen LogP contribution >= 0.6 is 0 Å². The third-order valence-electron chi connectivity index (χ3n) is 6.12. The Labute approximate surface area is 171 Å². The van der Waals surface area contributed by atoms with E-state index in [1.165, 1.54) is 22.5 Å². The minimum Gasteiger partial charge on any atom is -0.481 e. The molecule has 5 nitrogen and oxygen atoms in total. The van der Waals surface area contributed by atoms with Crippen LogP contribution < -0.4 is 10.2 Å². The van der Waals surface area contributed by atoms with Gasteiger partial charge in [-0.3, -0.25) is 4.79 Å². The van der Waals surface area contributed by atoms with Crippen LogP contribution in [0.4, 0.5) is 5.69 Å². The van der Waals surface area contributed by atoms with Crippen molar-refractivity contribution in [2.75, 3.05) is 31.6 Å². The molecule has 0 fully saturated rings. The van der Waals surface area contributed by atoms with Crippen molar-refractivity contribution in [3.63, 3.8) is 0 Å². The quantitative estimate of drug-likeness (QED) is 0.669. The molecule has 0 unspecified atom stereocenters. The number of carbonyl (C=O) groups is 1. The number of nitrogens with one attached hydrogen (secondary N) is 1. The molecule has 0 bridgehead atoms. The summed E-state index contributed by atoms with van der Waals surface area (Å²) in [6.45, 7) is 10.0. The summed E-state index contributed by atoms with van der Waals surface area (Å²) >= 11 is 0. The fraction of sp³-hybridized carbons (Fsp3) is 0.375. The van der Waals surface area contributed by atoms with Crippen LogP contribution in [0.5, 0.6) is 0 Å². The molecule has 3 aromatic rings. The van der Waals surface area contributed by atoms with E-state index in [0.717, 1.165) is 53.8 Å². The number of likely N-dealkylation sites (N-methyl/N-ethyl adjacent to an activating group) is 1. The van der Waals surface area contributed by atoms with E-state index in [1.54, 1.807) is 0 Å². The topological polar surface area (TPSA) is 57.5 Å². The van der Waals surface area contributed by atoms with Crippen molar-refractivity contribution >= 4 is 22.6 Å². The summed E-state index contributed by atoms with van der Waals surface area (Å²) in [4.78, 5) is 14.2. The summed E-state index contributed by atoms with van der Waals surface area (Å²) in [7, 11) is 1.97. The van der Waals surface area contributed by atoms with Crippen LogP contribution in [0.3, 0.4) is 0 Å². The Morgan fingerprint density at radius 3 is 2.52 bits per heavy atom. The summed E-state index contributed by atoms with van der Waals surface area (Å²) in [6.07, 6.45) is 0.0298. The lowest BCUT2D eigenvalue weighted by atomic mass is 9.88. The highest BCUT2D eigenvalue weighted by atomic mass is 16.4. The average molecular weight is 392 g/mol. The molecule has 0 aliphatic carbocycles. The predicted molar refractivity (Wildman–Crippen MR) is 119 cm³/mol. The molecule has 152 valence electrons. The second kappa shape index (κ2) is 7.56. The summed E-state index contributed by atoms with van der Waals surface area (Å²) in [5.74, 6) is -0.790. The number of nitrogens with zero attached hydrogens (tertiary/aromatic N) is 2. The lowest BCUT2D eigenvalue weighted by Gasteiger charge is -2.34. The lowest BCUT2D eigenvalue weighted by Crippen LogP contribution is -2.37. The minimum absolute atomic E-state index is 0.0298. The Balaban J connectivity index is 2.06. The fourth-order valence-corrected chi connectivity index (χ4v) is 4.69. The molecule has 5 heteroatoms. The summed E-state index contributed by atoms with van der Waals surface area (Å²) in [6, 6.07) is 10.7. The Morgan fingerprint density at radius 1 is 1.14 bits per heavy atom. The standard InChI is InChI=1S/C24H29N3O2/c1-15-5-7-18(8-6-15)22-19(14-21(28)29)17(3)23-24-20(22)13-16(2)27(24)12-11-26(23)10-9-25-4/h5-8,13,25H,9-12,14H2,1-4H3,(H,28,29). The number of aromatic nitrogens is 1. The van der Waals surface area contributed by atoms with Gasteiger partial charge >= 0.3 is 5.97 Å². The first-order valence-corrected chi connectivity index (χ1v) is 10.3. The maximum absolute atomic E-state index is 11.8. The molecule has 0 saturated carbocycles. The van der Waals surface area contributed by atoms with Crippen LogP contribution in [0.25, 0.3) is 22.0 Å². The largest absolute Gasteiger partial charge is 0.481 e. The highest BCUT2D eigenvalue weighted by Crippen LogP contribution is 2.44. The number of rotatable bonds is 6. The second-order valence-electron chi connectivity index (χ2n) is 8.05. The summed E-state index contributed by atoms with van der Waals surface area (Å²) in [5, 5.41) is 14.1. The Morgan fingerprint density at radius 2 is 1.86 bits per heavy atom. The molecule has 1 aliphatic heterocycles. The van der Waals surface area contributed by atoms with Gasteiger partial charge in [-0.05, 0) is 56.1 Å². The van der Waals surface area contributed by atoms with E-state index in [-0.39, 0.29) is 6.42 Å². The van der Waals surface area contributed by atoms with Crippen LogP contribution in [-0.4, -0.2) is 42.3 Å². The van der Waals surface area contributed by atoms with Gasteiger partial charge in [0, 0.05) is 37.3 Å². The molecule has 2 N–H and O–H groups in total. The Bertz CT molecular complexity index is 1080. The molecular weight excluding hydrogens is 362 g/mol. The zero-order valence-electron chi connectivity index (χ0n) is 17.7. The van der Waals surface area contributed by atoms with Gasteiger partial charge in [0.05, 0.1) is 17.6 Å². The summed E-state index contributed by atoms with van der Waals surface area (Å²) < 4.78 is 2.40. The number of aryl methyl sites for hydroxylation is 2. The molecule has 0 amide bonds. The zero-order valence-corrected chi connectivity index (χ0v) is 17.7. The molecular formula is C24H29N3O2. The van der Waals surface area contributed by atoms with Gasteiger partial charge < -0.3 is 19.9 Å². The molecule has 0 atom stereocenters. The Kier molecular flexibility index (Phi) is 5.09. The first-order chi connectivity index (χ1) is 13.9. The molecule has 29 heavy (non-hydrogen) atoms. The first-order valence-electron chi connectivity index (χ1n) is 10.3. The minimum atomic E-state index is -0.790. The highest BCUT2D eigenvalue weighted by Gasteiger charge is 2.28. The van der Waals surface area contributed by atoms with Crippen molar-refractivity contribution in [2.45, 2.75) is 33.7 Å². The van der Waals surface area contributed by atoms with Crippen molar-refractivity contribution in [3.05, 3.63) is 52.7 Å². The molecule has 2 aromatic carbocycles. The van der Waals surface area contributed by atoms with Gasteiger partial charge in [-0.25, -0.2) is 0 Å². The molecule has 0 saturated heterocycles. The number of anilines is 1. The third-order valence-corrected chi connectivity index (χ3v) is 6.12. The number of carboxylic acids is 1. The lowest BCUT2D eigenvalue weighted by molar-refractivity contribution is -0.136. The van der Waals surface area contributed by atoms with Gasteiger partial charge in [-0.1, -0.05) is 29.8 Å². The molecule has 4 rings (SSSR count). The number of hydrogen-bond acceptors (Lipinski definition) is 3. The summed E-state index contributed by atoms with van der Waals surface area (Å²) in [5.41, 5.74) is 9.05.